The van der Waals surface area contributed by atoms with Crippen molar-refractivity contribution in [1.82, 2.24) is 5.32 Å². The van der Waals surface area contributed by atoms with Gasteiger partial charge < -0.3 is 19.9 Å². The third-order valence-corrected chi connectivity index (χ3v) is 4.77. The normalized spacial score (nSPS) is 36.0. The lowest BCUT2D eigenvalue weighted by molar-refractivity contribution is -0.154. The Bertz CT molecular complexity index is 524. The Hall–Kier alpha value is -1.14. The minimum absolute atomic E-state index is 0. The molecule has 6 atom stereocenters. The fourth-order valence-corrected chi connectivity index (χ4v) is 3.66. The molecule has 4 rings (SSSR count). The molecule has 3 fully saturated rings. The zero-order valence-electron chi connectivity index (χ0n) is 12.1. The van der Waals surface area contributed by atoms with Crippen molar-refractivity contribution in [1.29, 1.82) is 0 Å². The third-order valence-electron chi connectivity index (χ3n) is 4.77. The zero-order chi connectivity index (χ0) is 14.4. The van der Waals surface area contributed by atoms with Crippen LogP contribution in [0.2, 0.25) is 0 Å². The molecular formula is C16H20ClNO4. The standard InChI is InChI=1S/C16H19NO4.ClH/c18-8-11(9-4-2-1-3-5-9)16(19)20-10-6-12-14-15(21-14)13(7-10)17-12;/h1-5,10-15,17-18H,6-8H2;1H/t10?,11-,12-,13+,14-,15+;/m1./s1. The predicted molar refractivity (Wildman–Crippen MR) is 82.0 cm³/mol. The number of aliphatic hydroxyl groups excluding tert-OH is 1. The summed E-state index contributed by atoms with van der Waals surface area (Å²) < 4.78 is 11.2. The van der Waals surface area contributed by atoms with Crippen molar-refractivity contribution in [2.45, 2.75) is 49.2 Å². The largest absolute Gasteiger partial charge is 0.462 e. The number of rotatable bonds is 4. The maximum atomic E-state index is 12.3. The highest BCUT2D eigenvalue weighted by atomic mass is 35.5. The van der Waals surface area contributed by atoms with Gasteiger partial charge in [0.15, 0.2) is 0 Å². The molecule has 1 unspecified atom stereocenters. The monoisotopic (exact) mass is 325 g/mol. The number of hydrogen-bond donors (Lipinski definition) is 2. The van der Waals surface area contributed by atoms with Crippen molar-refractivity contribution in [2.24, 2.45) is 0 Å². The van der Waals surface area contributed by atoms with Gasteiger partial charge in [-0.1, -0.05) is 30.3 Å². The molecule has 3 aliphatic heterocycles. The number of piperidine rings is 1. The third kappa shape index (κ3) is 2.74. The number of aliphatic hydroxyl groups is 1. The lowest BCUT2D eigenvalue weighted by atomic mass is 9.98. The Balaban J connectivity index is 0.00000144. The molecule has 0 aromatic heterocycles. The van der Waals surface area contributed by atoms with Crippen LogP contribution in [0.15, 0.2) is 30.3 Å². The molecule has 3 aliphatic rings. The zero-order valence-corrected chi connectivity index (χ0v) is 12.9. The van der Waals surface area contributed by atoms with E-state index >= 15 is 0 Å². The highest BCUT2D eigenvalue weighted by molar-refractivity contribution is 5.85. The summed E-state index contributed by atoms with van der Waals surface area (Å²) in [5.74, 6) is -0.922. The Morgan fingerprint density at radius 2 is 1.91 bits per heavy atom. The molecule has 1 aromatic rings. The number of hydrogen-bond acceptors (Lipinski definition) is 5. The molecule has 6 heteroatoms. The van der Waals surface area contributed by atoms with Crippen LogP contribution < -0.4 is 5.32 Å². The Kier molecular flexibility index (Phi) is 4.41. The van der Waals surface area contributed by atoms with E-state index in [0.29, 0.717) is 24.3 Å². The van der Waals surface area contributed by atoms with E-state index < -0.39 is 5.92 Å². The first-order valence-corrected chi connectivity index (χ1v) is 7.54. The molecule has 0 aliphatic carbocycles. The van der Waals surface area contributed by atoms with E-state index in [9.17, 15) is 9.90 Å². The van der Waals surface area contributed by atoms with Gasteiger partial charge in [-0.3, -0.25) is 4.79 Å². The first-order valence-electron chi connectivity index (χ1n) is 7.54. The second-order valence-electron chi connectivity index (χ2n) is 6.12. The molecule has 0 saturated carbocycles. The van der Waals surface area contributed by atoms with Gasteiger partial charge in [0.25, 0.3) is 0 Å². The average molecular weight is 326 g/mol. The number of carbonyl (C=O) groups excluding carboxylic acids is 1. The molecule has 3 saturated heterocycles. The minimum Gasteiger partial charge on any atom is -0.462 e. The Labute approximate surface area is 135 Å². The second-order valence-corrected chi connectivity index (χ2v) is 6.12. The number of benzene rings is 1. The number of nitrogens with one attached hydrogen (secondary N) is 1. The molecular weight excluding hydrogens is 306 g/mol. The SMILES string of the molecule is Cl.O=C(OC1C[C@@H]2N[C@H](C1)[C@H]1O[C@H]12)[C@H](CO)c1ccccc1. The van der Waals surface area contributed by atoms with Crippen LogP contribution in [0.5, 0.6) is 0 Å². The van der Waals surface area contributed by atoms with E-state index in [2.05, 4.69) is 5.32 Å². The van der Waals surface area contributed by atoms with Gasteiger partial charge in [-0.25, -0.2) is 0 Å². The van der Waals surface area contributed by atoms with Gasteiger partial charge in [0, 0.05) is 24.9 Å². The minimum atomic E-state index is -0.593. The van der Waals surface area contributed by atoms with Crippen LogP contribution in [0.25, 0.3) is 0 Å². The maximum Gasteiger partial charge on any atom is 0.316 e. The number of ether oxygens (including phenoxy) is 2. The lowest BCUT2D eigenvalue weighted by Gasteiger charge is -2.31. The summed E-state index contributed by atoms with van der Waals surface area (Å²) >= 11 is 0. The van der Waals surface area contributed by atoms with Gasteiger partial charge in [-0.05, 0) is 5.56 Å². The van der Waals surface area contributed by atoms with Crippen molar-refractivity contribution < 1.29 is 19.4 Å². The van der Waals surface area contributed by atoms with Crippen molar-refractivity contribution in [3.05, 3.63) is 35.9 Å². The maximum absolute atomic E-state index is 12.3. The van der Waals surface area contributed by atoms with Crippen molar-refractivity contribution in [3.63, 3.8) is 0 Å². The molecule has 1 aromatic carbocycles. The highest BCUT2D eigenvalue weighted by Crippen LogP contribution is 2.42. The number of esters is 1. The quantitative estimate of drug-likeness (QED) is 0.638. The van der Waals surface area contributed by atoms with Gasteiger partial charge in [0.05, 0.1) is 6.61 Å². The summed E-state index contributed by atoms with van der Waals surface area (Å²) in [7, 11) is 0. The molecule has 2 bridgehead atoms. The number of carbonyl (C=O) groups is 1. The van der Waals surface area contributed by atoms with E-state index in [4.69, 9.17) is 9.47 Å². The molecule has 0 radical (unpaired) electrons. The first-order chi connectivity index (χ1) is 10.3. The summed E-state index contributed by atoms with van der Waals surface area (Å²) in [6.45, 7) is -0.227. The summed E-state index contributed by atoms with van der Waals surface area (Å²) in [6, 6.07) is 9.93. The molecule has 0 spiro atoms. The molecule has 0 amide bonds. The predicted octanol–water partition coefficient (Wildman–Crippen LogP) is 0.998. The van der Waals surface area contributed by atoms with E-state index in [0.717, 1.165) is 18.4 Å². The highest BCUT2D eigenvalue weighted by Gasteiger charge is 2.59. The van der Waals surface area contributed by atoms with Crippen molar-refractivity contribution in [3.8, 4) is 0 Å². The van der Waals surface area contributed by atoms with Crippen LogP contribution in [0, 0.1) is 0 Å². The number of epoxide rings is 1. The number of halogens is 1. The molecule has 5 nitrogen and oxygen atoms in total. The van der Waals surface area contributed by atoms with Gasteiger partial charge in [-0.2, -0.15) is 0 Å². The molecule has 2 N–H and O–H groups in total. The summed E-state index contributed by atoms with van der Waals surface area (Å²) in [5.41, 5.74) is 0.799. The number of fused-ring (bicyclic) bond motifs is 5. The van der Waals surface area contributed by atoms with Crippen LogP contribution in [0.1, 0.15) is 24.3 Å². The fourth-order valence-electron chi connectivity index (χ4n) is 3.66. The van der Waals surface area contributed by atoms with Crippen molar-refractivity contribution in [2.75, 3.05) is 6.61 Å². The first kappa shape index (κ1) is 15.7. The smallest absolute Gasteiger partial charge is 0.316 e. The van der Waals surface area contributed by atoms with Crippen LogP contribution in [0.3, 0.4) is 0 Å². The van der Waals surface area contributed by atoms with Crippen LogP contribution in [0.4, 0.5) is 0 Å². The topological polar surface area (TPSA) is 71.1 Å². The molecule has 3 heterocycles. The fraction of sp³-hybridized carbons (Fsp3) is 0.562. The van der Waals surface area contributed by atoms with Gasteiger partial charge in [0.1, 0.15) is 24.2 Å². The second kappa shape index (κ2) is 6.16. The van der Waals surface area contributed by atoms with E-state index in [-0.39, 0.29) is 31.1 Å². The lowest BCUT2D eigenvalue weighted by Crippen LogP contribution is -2.47. The Morgan fingerprint density at radius 3 is 2.50 bits per heavy atom. The van der Waals surface area contributed by atoms with Crippen LogP contribution in [-0.4, -0.2) is 48.1 Å². The number of morpholine rings is 1. The summed E-state index contributed by atoms with van der Waals surface area (Å²) in [6.07, 6.45) is 2.18. The van der Waals surface area contributed by atoms with Gasteiger partial charge in [0.2, 0.25) is 0 Å². The van der Waals surface area contributed by atoms with Crippen LogP contribution in [-0.2, 0) is 14.3 Å². The van der Waals surface area contributed by atoms with E-state index in [1.54, 1.807) is 0 Å². The van der Waals surface area contributed by atoms with E-state index in [1.807, 2.05) is 30.3 Å². The molecule has 120 valence electrons. The summed E-state index contributed by atoms with van der Waals surface area (Å²) in [5, 5.41) is 13.0. The van der Waals surface area contributed by atoms with Gasteiger partial charge >= 0.3 is 5.97 Å². The van der Waals surface area contributed by atoms with E-state index in [1.165, 1.54) is 0 Å². The average Bonchev–Trinajstić information content (AvgIpc) is 3.25. The molecule has 22 heavy (non-hydrogen) atoms. The van der Waals surface area contributed by atoms with Gasteiger partial charge in [-0.15, -0.1) is 12.4 Å². The Morgan fingerprint density at radius 1 is 1.27 bits per heavy atom. The summed E-state index contributed by atoms with van der Waals surface area (Å²) in [4.78, 5) is 12.3. The van der Waals surface area contributed by atoms with Crippen LogP contribution >= 0.6 is 12.4 Å². The van der Waals surface area contributed by atoms with Crippen molar-refractivity contribution >= 4 is 18.4 Å².